The van der Waals surface area contributed by atoms with E-state index < -0.39 is 21.7 Å². The molecule has 0 bridgehead atoms. The fourth-order valence-electron chi connectivity index (χ4n) is 2.86. The first-order chi connectivity index (χ1) is 12.0. The molecule has 0 radical (unpaired) electrons. The van der Waals surface area contributed by atoms with E-state index in [4.69, 9.17) is 16.3 Å². The highest BCUT2D eigenvalue weighted by Crippen LogP contribution is 2.22. The molecule has 1 saturated heterocycles. The summed E-state index contributed by atoms with van der Waals surface area (Å²) in [6.07, 6.45) is 1.03. The molecule has 1 fully saturated rings. The number of likely N-dealkylation sites (N-methyl/N-ethyl adjacent to an activating group) is 1. The van der Waals surface area contributed by atoms with Crippen LogP contribution in [0, 0.1) is 0 Å². The topological polar surface area (TPSA) is 66.9 Å². The summed E-state index contributed by atoms with van der Waals surface area (Å²) >= 11 is 5.85. The summed E-state index contributed by atoms with van der Waals surface area (Å²) < 4.78 is 32.4. The zero-order valence-corrected chi connectivity index (χ0v) is 17.3. The number of halogens is 1. The summed E-state index contributed by atoms with van der Waals surface area (Å²) in [5, 5.41) is 0.572. The lowest BCUT2D eigenvalue weighted by atomic mass is 10.1. The number of rotatable bonds is 4. The van der Waals surface area contributed by atoms with Crippen LogP contribution in [0.5, 0.6) is 0 Å². The fraction of sp³-hybridized carbons (Fsp3) is 0.611. The van der Waals surface area contributed by atoms with Crippen LogP contribution in [0.4, 0.5) is 4.79 Å². The number of carbonyl (C=O) groups is 1. The minimum atomic E-state index is -3.47. The lowest BCUT2D eigenvalue weighted by Crippen LogP contribution is -2.51. The van der Waals surface area contributed by atoms with Gasteiger partial charge >= 0.3 is 6.09 Å². The van der Waals surface area contributed by atoms with Crippen molar-refractivity contribution in [1.29, 1.82) is 0 Å². The number of amides is 1. The van der Waals surface area contributed by atoms with Crippen LogP contribution in [0.25, 0.3) is 0 Å². The number of nitrogens with zero attached hydrogens (tertiary/aromatic N) is 2. The monoisotopic (exact) mass is 402 g/mol. The normalized spacial score (nSPS) is 19.2. The van der Waals surface area contributed by atoms with Crippen LogP contribution in [0.3, 0.4) is 0 Å². The van der Waals surface area contributed by atoms with Gasteiger partial charge in [-0.1, -0.05) is 23.7 Å². The number of piperidine rings is 1. The van der Waals surface area contributed by atoms with Gasteiger partial charge in [-0.2, -0.15) is 4.31 Å². The second-order valence-corrected chi connectivity index (χ2v) is 10.0. The number of benzene rings is 1. The van der Waals surface area contributed by atoms with Gasteiger partial charge in [0.05, 0.1) is 5.75 Å². The van der Waals surface area contributed by atoms with E-state index in [9.17, 15) is 13.2 Å². The molecular weight excluding hydrogens is 376 g/mol. The molecule has 146 valence electrons. The van der Waals surface area contributed by atoms with Crippen LogP contribution >= 0.6 is 11.6 Å². The maximum Gasteiger partial charge on any atom is 0.410 e. The minimum absolute atomic E-state index is 0.0763. The predicted molar refractivity (Wildman–Crippen MR) is 103 cm³/mol. The molecule has 1 aliphatic rings. The third-order valence-corrected chi connectivity index (χ3v) is 6.31. The van der Waals surface area contributed by atoms with Crippen molar-refractivity contribution in [2.24, 2.45) is 0 Å². The van der Waals surface area contributed by atoms with E-state index in [2.05, 4.69) is 0 Å². The van der Waals surface area contributed by atoms with Gasteiger partial charge in [0.15, 0.2) is 0 Å². The largest absolute Gasteiger partial charge is 0.444 e. The number of hydrogen-bond donors (Lipinski definition) is 0. The van der Waals surface area contributed by atoms with E-state index >= 15 is 0 Å². The lowest BCUT2D eigenvalue weighted by molar-refractivity contribution is 0.0173. The van der Waals surface area contributed by atoms with Gasteiger partial charge < -0.3 is 9.64 Å². The van der Waals surface area contributed by atoms with E-state index in [0.29, 0.717) is 23.6 Å². The Morgan fingerprint density at radius 3 is 2.50 bits per heavy atom. The van der Waals surface area contributed by atoms with E-state index in [-0.39, 0.29) is 18.3 Å². The second kappa shape index (κ2) is 8.15. The third kappa shape index (κ3) is 5.86. The molecule has 1 aromatic carbocycles. The second-order valence-electron chi connectivity index (χ2n) is 7.63. The smallest absolute Gasteiger partial charge is 0.410 e. The summed E-state index contributed by atoms with van der Waals surface area (Å²) in [6, 6.07) is 6.60. The molecule has 1 heterocycles. The van der Waals surface area contributed by atoms with Crippen molar-refractivity contribution in [2.45, 2.75) is 51.0 Å². The van der Waals surface area contributed by atoms with Crippen LogP contribution in [0.15, 0.2) is 24.3 Å². The molecule has 0 N–H and O–H groups in total. The molecule has 1 amide bonds. The Morgan fingerprint density at radius 1 is 1.31 bits per heavy atom. The summed E-state index contributed by atoms with van der Waals surface area (Å²) in [5.41, 5.74) is 0.109. The van der Waals surface area contributed by atoms with Crippen molar-refractivity contribution in [1.82, 2.24) is 9.21 Å². The quantitative estimate of drug-likeness (QED) is 0.772. The van der Waals surface area contributed by atoms with Gasteiger partial charge in [0.1, 0.15) is 5.60 Å². The van der Waals surface area contributed by atoms with Gasteiger partial charge in [0.2, 0.25) is 10.0 Å². The molecule has 1 aromatic rings. The number of ether oxygens (including phenoxy) is 1. The SMILES string of the molecule is CN(C(=O)OC(C)(C)C)[C@H]1CCCN(S(=O)(=O)Cc2ccc(Cl)cc2)C1. The Bertz CT molecular complexity index is 729. The molecule has 0 saturated carbocycles. The van der Waals surface area contributed by atoms with E-state index in [0.717, 1.165) is 6.42 Å². The van der Waals surface area contributed by atoms with Gasteiger partial charge in [0.25, 0.3) is 0 Å². The first kappa shape index (κ1) is 21.0. The molecule has 26 heavy (non-hydrogen) atoms. The summed E-state index contributed by atoms with van der Waals surface area (Å²) in [6.45, 7) is 6.17. The average molecular weight is 403 g/mol. The van der Waals surface area contributed by atoms with Crippen molar-refractivity contribution >= 4 is 27.7 Å². The van der Waals surface area contributed by atoms with Crippen molar-refractivity contribution in [3.63, 3.8) is 0 Å². The van der Waals surface area contributed by atoms with Crippen LogP contribution in [-0.4, -0.2) is 55.5 Å². The van der Waals surface area contributed by atoms with Crippen molar-refractivity contribution < 1.29 is 17.9 Å². The first-order valence-electron chi connectivity index (χ1n) is 8.66. The van der Waals surface area contributed by atoms with Crippen LogP contribution in [-0.2, 0) is 20.5 Å². The summed E-state index contributed by atoms with van der Waals surface area (Å²) in [5.74, 6) is -0.0763. The highest BCUT2D eigenvalue weighted by molar-refractivity contribution is 7.88. The van der Waals surface area contributed by atoms with E-state index in [1.807, 2.05) is 20.8 Å². The zero-order chi connectivity index (χ0) is 19.5. The fourth-order valence-corrected chi connectivity index (χ4v) is 4.58. The molecule has 8 heteroatoms. The van der Waals surface area contributed by atoms with Gasteiger partial charge in [0, 0.05) is 31.2 Å². The summed E-state index contributed by atoms with van der Waals surface area (Å²) in [7, 11) is -1.80. The molecular formula is C18H27ClN2O4S. The molecule has 0 unspecified atom stereocenters. The van der Waals surface area contributed by atoms with Crippen LogP contribution in [0.1, 0.15) is 39.2 Å². The zero-order valence-electron chi connectivity index (χ0n) is 15.7. The Morgan fingerprint density at radius 2 is 1.92 bits per heavy atom. The Hall–Kier alpha value is -1.31. The van der Waals surface area contributed by atoms with E-state index in [1.54, 1.807) is 31.3 Å². The average Bonchev–Trinajstić information content (AvgIpc) is 2.54. The molecule has 6 nitrogen and oxygen atoms in total. The Kier molecular flexibility index (Phi) is 6.58. The van der Waals surface area contributed by atoms with Crippen LogP contribution < -0.4 is 0 Å². The predicted octanol–water partition coefficient (Wildman–Crippen LogP) is 3.50. The first-order valence-corrected chi connectivity index (χ1v) is 10.6. The number of carbonyl (C=O) groups excluding carboxylic acids is 1. The molecule has 0 aromatic heterocycles. The Balaban J connectivity index is 2.04. The molecule has 2 rings (SSSR count). The third-order valence-electron chi connectivity index (χ3n) is 4.24. The molecule has 1 aliphatic heterocycles. The van der Waals surface area contributed by atoms with Crippen molar-refractivity contribution in [2.75, 3.05) is 20.1 Å². The number of sulfonamides is 1. The van der Waals surface area contributed by atoms with Gasteiger partial charge in [-0.3, -0.25) is 0 Å². The molecule has 0 spiro atoms. The highest BCUT2D eigenvalue weighted by Gasteiger charge is 2.33. The lowest BCUT2D eigenvalue weighted by Gasteiger charge is -2.37. The van der Waals surface area contributed by atoms with Gasteiger partial charge in [-0.15, -0.1) is 0 Å². The maximum absolute atomic E-state index is 12.8. The van der Waals surface area contributed by atoms with Crippen molar-refractivity contribution in [3.8, 4) is 0 Å². The summed E-state index contributed by atoms with van der Waals surface area (Å²) in [4.78, 5) is 13.8. The van der Waals surface area contributed by atoms with Crippen LogP contribution in [0.2, 0.25) is 5.02 Å². The van der Waals surface area contributed by atoms with Gasteiger partial charge in [-0.25, -0.2) is 13.2 Å². The van der Waals surface area contributed by atoms with E-state index in [1.165, 1.54) is 9.21 Å². The molecule has 0 aliphatic carbocycles. The standard InChI is InChI=1S/C18H27ClN2O4S/c1-18(2,3)25-17(22)20(4)16-6-5-11-21(12-16)26(23,24)13-14-7-9-15(19)10-8-14/h7-10,16H,5-6,11-13H2,1-4H3/t16-/m0/s1. The Labute approximate surface area is 161 Å². The minimum Gasteiger partial charge on any atom is -0.444 e. The highest BCUT2D eigenvalue weighted by atomic mass is 35.5. The number of hydrogen-bond acceptors (Lipinski definition) is 4. The molecule has 1 atom stereocenters. The van der Waals surface area contributed by atoms with Crippen molar-refractivity contribution in [3.05, 3.63) is 34.9 Å². The maximum atomic E-state index is 12.8. The van der Waals surface area contributed by atoms with Gasteiger partial charge in [-0.05, 0) is 51.3 Å².